The second-order valence-corrected chi connectivity index (χ2v) is 3.99. The maximum absolute atomic E-state index is 12.7. The number of nitrogens with zero attached hydrogens (tertiary/aromatic N) is 1. The van der Waals surface area contributed by atoms with Gasteiger partial charge in [-0.2, -0.15) is 13.2 Å². The van der Waals surface area contributed by atoms with Gasteiger partial charge in [0.2, 0.25) is 0 Å². The lowest BCUT2D eigenvalue weighted by Crippen LogP contribution is -2.38. The van der Waals surface area contributed by atoms with Crippen LogP contribution in [0, 0.1) is 5.82 Å². The van der Waals surface area contributed by atoms with E-state index in [9.17, 15) is 17.6 Å². The number of anilines is 1. The Labute approximate surface area is 94.6 Å². The summed E-state index contributed by atoms with van der Waals surface area (Å²) in [5.41, 5.74) is -1.65. The van der Waals surface area contributed by atoms with Crippen molar-refractivity contribution in [1.29, 1.82) is 0 Å². The molecule has 0 bridgehead atoms. The van der Waals surface area contributed by atoms with Gasteiger partial charge in [0.15, 0.2) is 5.54 Å². The Kier molecular flexibility index (Phi) is 2.53. The van der Waals surface area contributed by atoms with E-state index in [0.29, 0.717) is 5.69 Å². The van der Waals surface area contributed by atoms with Crippen molar-refractivity contribution in [3.8, 4) is 0 Å². The number of rotatable bonds is 2. The molecule has 88 valence electrons. The highest BCUT2D eigenvalue weighted by molar-refractivity contribution is 6.19. The molecule has 1 aromatic rings. The average molecular weight is 254 g/mol. The van der Waals surface area contributed by atoms with Gasteiger partial charge < -0.3 is 4.90 Å². The first-order valence-corrected chi connectivity index (χ1v) is 5.10. The molecular weight excluding hydrogens is 246 g/mol. The van der Waals surface area contributed by atoms with Gasteiger partial charge in [0.05, 0.1) is 12.4 Å². The molecule has 6 heteroatoms. The number of hydrogen-bond donors (Lipinski definition) is 0. The summed E-state index contributed by atoms with van der Waals surface area (Å²) in [4.78, 5) is 1.12. The van der Waals surface area contributed by atoms with Gasteiger partial charge >= 0.3 is 6.18 Å². The van der Waals surface area contributed by atoms with E-state index in [1.54, 1.807) is 0 Å². The summed E-state index contributed by atoms with van der Waals surface area (Å²) >= 11 is 5.38. The summed E-state index contributed by atoms with van der Waals surface area (Å²) in [5.74, 6) is -0.998. The molecule has 0 aromatic heterocycles. The van der Waals surface area contributed by atoms with Crippen LogP contribution in [0.5, 0.6) is 0 Å². The average Bonchev–Trinajstić information content (AvgIpc) is 2.94. The van der Waals surface area contributed by atoms with E-state index in [1.165, 1.54) is 12.1 Å². The Hall–Kier alpha value is -0.970. The molecule has 0 amide bonds. The first kappa shape index (κ1) is 11.5. The molecule has 1 nitrogen and oxygen atoms in total. The SMILES string of the molecule is Fc1ccc(N2CC2(CCl)C(F)(F)F)cc1. The van der Waals surface area contributed by atoms with Gasteiger partial charge in [-0.25, -0.2) is 4.39 Å². The highest BCUT2D eigenvalue weighted by atomic mass is 35.5. The van der Waals surface area contributed by atoms with E-state index in [0.717, 1.165) is 17.0 Å². The van der Waals surface area contributed by atoms with Gasteiger partial charge in [-0.1, -0.05) is 0 Å². The van der Waals surface area contributed by atoms with Crippen molar-refractivity contribution in [2.75, 3.05) is 17.3 Å². The molecule has 16 heavy (non-hydrogen) atoms. The molecule has 1 fully saturated rings. The lowest BCUT2D eigenvalue weighted by molar-refractivity contribution is -0.150. The van der Waals surface area contributed by atoms with Gasteiger partial charge in [0.25, 0.3) is 0 Å². The van der Waals surface area contributed by atoms with E-state index in [1.807, 2.05) is 0 Å². The van der Waals surface area contributed by atoms with Crippen LogP contribution in [0.2, 0.25) is 0 Å². The maximum Gasteiger partial charge on any atom is 0.414 e. The Morgan fingerprint density at radius 1 is 1.25 bits per heavy atom. The van der Waals surface area contributed by atoms with Crippen molar-refractivity contribution < 1.29 is 17.6 Å². The maximum atomic E-state index is 12.7. The van der Waals surface area contributed by atoms with Crippen LogP contribution in [0.3, 0.4) is 0 Å². The summed E-state index contributed by atoms with van der Waals surface area (Å²) in [7, 11) is 0. The highest BCUT2D eigenvalue weighted by Crippen LogP contribution is 2.49. The summed E-state index contributed by atoms with van der Waals surface area (Å²) in [6.45, 7) is -0.175. The molecule has 1 aliphatic rings. The number of alkyl halides is 4. The molecule has 1 heterocycles. The predicted octanol–water partition coefficient (Wildman–Crippen LogP) is 3.19. The fourth-order valence-electron chi connectivity index (χ4n) is 1.62. The first-order chi connectivity index (χ1) is 7.40. The van der Waals surface area contributed by atoms with E-state index >= 15 is 0 Å². The summed E-state index contributed by atoms with van der Waals surface area (Å²) < 4.78 is 50.7. The molecule has 0 aliphatic carbocycles. The molecule has 0 radical (unpaired) electrons. The minimum absolute atomic E-state index is 0.175. The lowest BCUT2D eigenvalue weighted by atomic mass is 10.2. The predicted molar refractivity (Wildman–Crippen MR) is 53.3 cm³/mol. The zero-order chi connectivity index (χ0) is 12.0. The van der Waals surface area contributed by atoms with E-state index < -0.39 is 23.4 Å². The van der Waals surface area contributed by atoms with E-state index in [4.69, 9.17) is 11.6 Å². The van der Waals surface area contributed by atoms with Crippen molar-refractivity contribution in [3.05, 3.63) is 30.1 Å². The summed E-state index contributed by atoms with van der Waals surface area (Å²) in [6, 6.07) is 4.89. The van der Waals surface area contributed by atoms with Gasteiger partial charge in [-0.05, 0) is 24.3 Å². The van der Waals surface area contributed by atoms with Gasteiger partial charge in [-0.15, -0.1) is 11.6 Å². The van der Waals surface area contributed by atoms with Crippen molar-refractivity contribution in [2.45, 2.75) is 11.7 Å². The topological polar surface area (TPSA) is 3.01 Å². The fraction of sp³-hybridized carbons (Fsp3) is 0.400. The quantitative estimate of drug-likeness (QED) is 0.444. The third kappa shape index (κ3) is 1.63. The van der Waals surface area contributed by atoms with Crippen molar-refractivity contribution in [1.82, 2.24) is 0 Å². The van der Waals surface area contributed by atoms with Gasteiger partial charge in [-0.3, -0.25) is 0 Å². The number of hydrogen-bond acceptors (Lipinski definition) is 1. The van der Waals surface area contributed by atoms with Crippen molar-refractivity contribution in [3.63, 3.8) is 0 Å². The van der Waals surface area contributed by atoms with Crippen LogP contribution >= 0.6 is 11.6 Å². The standard InChI is InChI=1S/C10H8ClF4N/c11-5-9(10(13,14)15)6-16(9)8-3-1-7(12)2-4-8/h1-4H,5-6H2. The van der Waals surface area contributed by atoms with Gasteiger partial charge in [0, 0.05) is 5.69 Å². The van der Waals surface area contributed by atoms with Crippen LogP contribution in [0.25, 0.3) is 0 Å². The van der Waals surface area contributed by atoms with E-state index in [-0.39, 0.29) is 6.54 Å². The lowest BCUT2D eigenvalue weighted by Gasteiger charge is -2.19. The molecular formula is C10H8ClF4N. The smallest absolute Gasteiger partial charge is 0.352 e. The van der Waals surface area contributed by atoms with Gasteiger partial charge in [0.1, 0.15) is 5.82 Å². The normalized spacial score (nSPS) is 24.7. The molecule has 1 aliphatic heterocycles. The van der Waals surface area contributed by atoms with Crippen LogP contribution in [0.1, 0.15) is 0 Å². The Morgan fingerprint density at radius 3 is 2.19 bits per heavy atom. The fourth-order valence-corrected chi connectivity index (χ4v) is 2.00. The monoisotopic (exact) mass is 253 g/mol. The Morgan fingerprint density at radius 2 is 1.81 bits per heavy atom. The molecule has 0 spiro atoms. The Balaban J connectivity index is 2.24. The molecule has 1 unspecified atom stereocenters. The second kappa shape index (κ2) is 3.52. The van der Waals surface area contributed by atoms with Crippen LogP contribution in [-0.4, -0.2) is 24.1 Å². The molecule has 1 saturated heterocycles. The molecule has 0 saturated carbocycles. The van der Waals surface area contributed by atoms with Crippen LogP contribution < -0.4 is 4.90 Å². The van der Waals surface area contributed by atoms with E-state index in [2.05, 4.69) is 0 Å². The third-order valence-corrected chi connectivity index (χ3v) is 3.16. The second-order valence-electron chi connectivity index (χ2n) is 3.73. The van der Waals surface area contributed by atoms with Crippen LogP contribution in [0.15, 0.2) is 24.3 Å². The zero-order valence-corrected chi connectivity index (χ0v) is 8.82. The molecule has 0 N–H and O–H groups in total. The molecule has 2 rings (SSSR count). The molecule has 1 atom stereocenters. The third-order valence-electron chi connectivity index (χ3n) is 2.72. The van der Waals surface area contributed by atoms with Crippen molar-refractivity contribution >= 4 is 17.3 Å². The van der Waals surface area contributed by atoms with Crippen molar-refractivity contribution in [2.24, 2.45) is 0 Å². The van der Waals surface area contributed by atoms with Crippen LogP contribution in [-0.2, 0) is 0 Å². The minimum Gasteiger partial charge on any atom is -0.352 e. The highest BCUT2D eigenvalue weighted by Gasteiger charge is 2.69. The summed E-state index contributed by atoms with van der Waals surface area (Å²) in [6.07, 6.45) is -4.37. The Bertz CT molecular complexity index is 389. The molecule has 1 aromatic carbocycles. The largest absolute Gasteiger partial charge is 0.414 e. The number of halogens is 5. The summed E-state index contributed by atoms with van der Waals surface area (Å²) in [5, 5.41) is 0. The first-order valence-electron chi connectivity index (χ1n) is 4.57. The minimum atomic E-state index is -4.37. The number of benzene rings is 1. The zero-order valence-electron chi connectivity index (χ0n) is 8.06. The van der Waals surface area contributed by atoms with Crippen LogP contribution in [0.4, 0.5) is 23.2 Å².